The summed E-state index contributed by atoms with van der Waals surface area (Å²) in [7, 11) is 0. The molecule has 0 spiro atoms. The Morgan fingerprint density at radius 1 is 1.23 bits per heavy atom. The highest BCUT2D eigenvalue weighted by Gasteiger charge is 2.33. The minimum atomic E-state index is -0.209. The molecule has 2 aromatic heterocycles. The fraction of sp³-hybridized carbons (Fsp3) is 0.391. The van der Waals surface area contributed by atoms with Crippen molar-refractivity contribution in [3.05, 3.63) is 47.3 Å². The van der Waals surface area contributed by atoms with Crippen LogP contribution in [0.25, 0.3) is 11.2 Å². The number of benzene rings is 1. The largest absolute Gasteiger partial charge is 0.437 e. The SMILES string of the molecule is CC(C)NC(=O)c1c[nH]c2ncc(Oc3ccc4c(c3)[C@H](NC(=O)C3CC3)CC4)nc12. The predicted molar refractivity (Wildman–Crippen MR) is 115 cm³/mol. The zero-order chi connectivity index (χ0) is 21.5. The van der Waals surface area contributed by atoms with Gasteiger partial charge in [0.2, 0.25) is 11.8 Å². The highest BCUT2D eigenvalue weighted by atomic mass is 16.5. The first-order valence-corrected chi connectivity index (χ1v) is 10.7. The maximum atomic E-state index is 12.4. The molecule has 8 heteroatoms. The van der Waals surface area contributed by atoms with Gasteiger partial charge in [0.1, 0.15) is 11.3 Å². The number of fused-ring (bicyclic) bond motifs is 2. The maximum Gasteiger partial charge on any atom is 0.255 e. The molecule has 2 heterocycles. The zero-order valence-corrected chi connectivity index (χ0v) is 17.6. The lowest BCUT2D eigenvalue weighted by Crippen LogP contribution is -2.29. The molecule has 3 N–H and O–H groups in total. The summed E-state index contributed by atoms with van der Waals surface area (Å²) in [5, 5.41) is 6.04. The molecular formula is C23H25N5O3. The molecule has 2 aliphatic carbocycles. The Morgan fingerprint density at radius 3 is 2.84 bits per heavy atom. The van der Waals surface area contributed by atoms with Crippen LogP contribution in [0.15, 0.2) is 30.6 Å². The van der Waals surface area contributed by atoms with Gasteiger partial charge in [0.25, 0.3) is 5.91 Å². The number of hydrogen-bond acceptors (Lipinski definition) is 5. The molecule has 2 amide bonds. The number of aromatic amines is 1. The molecule has 0 unspecified atom stereocenters. The summed E-state index contributed by atoms with van der Waals surface area (Å²) in [6, 6.07) is 5.95. The van der Waals surface area contributed by atoms with Crippen LogP contribution in [0, 0.1) is 5.92 Å². The number of carbonyl (C=O) groups excluding carboxylic acids is 2. The molecule has 1 aromatic carbocycles. The second-order valence-electron chi connectivity index (χ2n) is 8.57. The van der Waals surface area contributed by atoms with Crippen molar-refractivity contribution >= 4 is 23.0 Å². The fourth-order valence-corrected chi connectivity index (χ4v) is 3.99. The quantitative estimate of drug-likeness (QED) is 0.567. The van der Waals surface area contributed by atoms with E-state index in [1.165, 1.54) is 11.8 Å². The number of H-pyrrole nitrogens is 1. The molecule has 8 nitrogen and oxygen atoms in total. The van der Waals surface area contributed by atoms with Gasteiger partial charge in [0, 0.05) is 18.2 Å². The molecule has 3 aromatic rings. The lowest BCUT2D eigenvalue weighted by Gasteiger charge is -2.15. The first kappa shape index (κ1) is 19.5. The van der Waals surface area contributed by atoms with Crippen molar-refractivity contribution in [2.45, 2.75) is 51.6 Å². The number of ether oxygens (including phenoxy) is 1. The Bertz CT molecular complexity index is 1170. The van der Waals surface area contributed by atoms with E-state index in [1.54, 1.807) is 6.20 Å². The molecule has 0 saturated heterocycles. The Labute approximate surface area is 179 Å². The van der Waals surface area contributed by atoms with Crippen LogP contribution < -0.4 is 15.4 Å². The minimum absolute atomic E-state index is 0.0182. The number of carbonyl (C=O) groups is 2. The normalized spacial score (nSPS) is 17.6. The van der Waals surface area contributed by atoms with E-state index in [1.807, 2.05) is 32.0 Å². The zero-order valence-electron chi connectivity index (χ0n) is 17.6. The fourth-order valence-electron chi connectivity index (χ4n) is 3.99. The van der Waals surface area contributed by atoms with Gasteiger partial charge in [-0.3, -0.25) is 9.59 Å². The Balaban J connectivity index is 1.37. The number of rotatable bonds is 6. The van der Waals surface area contributed by atoms with Crippen molar-refractivity contribution in [2.24, 2.45) is 5.92 Å². The van der Waals surface area contributed by atoms with Crippen molar-refractivity contribution in [3.8, 4) is 11.6 Å². The van der Waals surface area contributed by atoms with Gasteiger partial charge >= 0.3 is 0 Å². The van der Waals surface area contributed by atoms with Gasteiger partial charge in [0.15, 0.2) is 5.65 Å². The number of nitrogens with zero attached hydrogens (tertiary/aromatic N) is 2. The number of aryl methyl sites for hydroxylation is 1. The van der Waals surface area contributed by atoms with Crippen molar-refractivity contribution in [1.82, 2.24) is 25.6 Å². The average Bonchev–Trinajstić information content (AvgIpc) is 3.40. The summed E-state index contributed by atoms with van der Waals surface area (Å²) < 4.78 is 5.98. The average molecular weight is 419 g/mol. The highest BCUT2D eigenvalue weighted by Crippen LogP contribution is 2.37. The van der Waals surface area contributed by atoms with Crippen molar-refractivity contribution in [1.29, 1.82) is 0 Å². The third-order valence-electron chi connectivity index (χ3n) is 5.71. The van der Waals surface area contributed by atoms with Gasteiger partial charge in [0.05, 0.1) is 17.8 Å². The topological polar surface area (TPSA) is 109 Å². The summed E-state index contributed by atoms with van der Waals surface area (Å²) in [4.78, 5) is 36.4. The van der Waals surface area contributed by atoms with Crippen LogP contribution in [0.4, 0.5) is 0 Å². The summed E-state index contributed by atoms with van der Waals surface area (Å²) in [5.74, 6) is 1.07. The number of aromatic nitrogens is 3. The van der Waals surface area contributed by atoms with E-state index in [0.29, 0.717) is 28.4 Å². The lowest BCUT2D eigenvalue weighted by atomic mass is 10.1. The third kappa shape index (κ3) is 3.97. The maximum absolute atomic E-state index is 12.4. The second-order valence-corrected chi connectivity index (χ2v) is 8.57. The molecule has 5 rings (SSSR count). The second kappa shape index (κ2) is 7.68. The number of hydrogen-bond donors (Lipinski definition) is 3. The molecule has 160 valence electrons. The molecule has 31 heavy (non-hydrogen) atoms. The van der Waals surface area contributed by atoms with Crippen LogP contribution in [-0.2, 0) is 11.2 Å². The van der Waals surface area contributed by atoms with Gasteiger partial charge in [-0.05, 0) is 62.8 Å². The minimum Gasteiger partial charge on any atom is -0.437 e. The summed E-state index contributed by atoms with van der Waals surface area (Å²) in [6.07, 6.45) is 6.96. The van der Waals surface area contributed by atoms with Gasteiger partial charge < -0.3 is 20.4 Å². The van der Waals surface area contributed by atoms with E-state index in [4.69, 9.17) is 4.74 Å². The van der Waals surface area contributed by atoms with Crippen LogP contribution in [0.5, 0.6) is 11.6 Å². The van der Waals surface area contributed by atoms with E-state index in [9.17, 15) is 9.59 Å². The molecular weight excluding hydrogens is 394 g/mol. The van der Waals surface area contributed by atoms with E-state index < -0.39 is 0 Å². The molecule has 0 bridgehead atoms. The molecule has 1 atom stereocenters. The molecule has 0 radical (unpaired) electrons. The van der Waals surface area contributed by atoms with Crippen molar-refractivity contribution in [2.75, 3.05) is 0 Å². The molecule has 2 aliphatic rings. The Kier molecular flexibility index (Phi) is 4.84. The van der Waals surface area contributed by atoms with Crippen LogP contribution in [0.1, 0.15) is 60.6 Å². The number of amides is 2. The van der Waals surface area contributed by atoms with E-state index in [0.717, 1.165) is 31.2 Å². The molecule has 1 saturated carbocycles. The third-order valence-corrected chi connectivity index (χ3v) is 5.71. The molecule has 0 aliphatic heterocycles. The smallest absolute Gasteiger partial charge is 0.255 e. The van der Waals surface area contributed by atoms with E-state index >= 15 is 0 Å². The first-order chi connectivity index (χ1) is 15.0. The van der Waals surface area contributed by atoms with E-state index in [-0.39, 0.29) is 29.8 Å². The Hall–Kier alpha value is -3.42. The van der Waals surface area contributed by atoms with Gasteiger partial charge in [-0.25, -0.2) is 9.97 Å². The highest BCUT2D eigenvalue weighted by molar-refractivity contribution is 6.04. The monoisotopic (exact) mass is 419 g/mol. The lowest BCUT2D eigenvalue weighted by molar-refractivity contribution is -0.123. The number of nitrogens with one attached hydrogen (secondary N) is 3. The summed E-state index contributed by atoms with van der Waals surface area (Å²) in [5.41, 5.74) is 3.75. The van der Waals surface area contributed by atoms with Gasteiger partial charge in [-0.1, -0.05) is 6.07 Å². The van der Waals surface area contributed by atoms with Crippen molar-refractivity contribution in [3.63, 3.8) is 0 Å². The van der Waals surface area contributed by atoms with Crippen LogP contribution in [0.3, 0.4) is 0 Å². The van der Waals surface area contributed by atoms with Gasteiger partial charge in [-0.15, -0.1) is 0 Å². The van der Waals surface area contributed by atoms with Crippen LogP contribution in [-0.4, -0.2) is 32.8 Å². The predicted octanol–water partition coefficient (Wildman–Crippen LogP) is 3.40. The molecule has 1 fully saturated rings. The standard InChI is InChI=1S/C23H25N5O3/c1-12(2)26-23(30)17-10-24-21-20(17)28-19(11-25-21)31-15-7-5-13-6-8-18(16(13)9-15)27-22(29)14-3-4-14/h5,7,9-12,14,18H,3-4,6,8H2,1-2H3,(H,24,25)(H,26,30)(H,27,29)/t18-/m1/s1. The first-order valence-electron chi connectivity index (χ1n) is 10.7. The van der Waals surface area contributed by atoms with Gasteiger partial charge in [-0.2, -0.15) is 0 Å². The summed E-state index contributed by atoms with van der Waals surface area (Å²) in [6.45, 7) is 3.81. The summed E-state index contributed by atoms with van der Waals surface area (Å²) >= 11 is 0. The Morgan fingerprint density at radius 2 is 2.06 bits per heavy atom. The van der Waals surface area contributed by atoms with Crippen molar-refractivity contribution < 1.29 is 14.3 Å². The van der Waals surface area contributed by atoms with E-state index in [2.05, 4.69) is 25.6 Å². The van der Waals surface area contributed by atoms with Crippen LogP contribution >= 0.6 is 0 Å². The van der Waals surface area contributed by atoms with Crippen LogP contribution in [0.2, 0.25) is 0 Å².